The first-order chi connectivity index (χ1) is 13.7. The van der Waals surface area contributed by atoms with Gasteiger partial charge >= 0.3 is 11.2 Å². The summed E-state index contributed by atoms with van der Waals surface area (Å²) in [4.78, 5) is 11.8. The van der Waals surface area contributed by atoms with E-state index >= 15 is 0 Å². The second kappa shape index (κ2) is 7.68. The second-order valence-corrected chi connectivity index (χ2v) is 9.69. The predicted octanol–water partition coefficient (Wildman–Crippen LogP) is 3.72. The van der Waals surface area contributed by atoms with Crippen LogP contribution in [-0.4, -0.2) is 23.4 Å². The van der Waals surface area contributed by atoms with Crippen molar-refractivity contribution in [1.82, 2.24) is 0 Å². The third kappa shape index (κ3) is 4.38. The molecule has 9 heteroatoms. The summed E-state index contributed by atoms with van der Waals surface area (Å²) in [6, 6.07) is 7.91. The fourth-order valence-electron chi connectivity index (χ4n) is 5.90. The number of benzene rings is 1. The van der Waals surface area contributed by atoms with Gasteiger partial charge in [-0.2, -0.15) is 13.1 Å². The molecule has 4 aliphatic rings. The monoisotopic (exact) mass is 429 g/mol. The summed E-state index contributed by atoms with van der Waals surface area (Å²) in [6.07, 6.45) is 5.34. The molecule has 29 heavy (non-hydrogen) atoms. The highest BCUT2D eigenvalue weighted by atomic mass is 32.2. The van der Waals surface area contributed by atoms with Gasteiger partial charge < -0.3 is 14.7 Å². The fourth-order valence-corrected chi connectivity index (χ4v) is 6.14. The Bertz CT molecular complexity index is 742. The summed E-state index contributed by atoms with van der Waals surface area (Å²) in [5.41, 5.74) is 0.445. The first-order valence-corrected chi connectivity index (χ1v) is 10.4. The van der Waals surface area contributed by atoms with Gasteiger partial charge in [0.2, 0.25) is 0 Å². The van der Waals surface area contributed by atoms with E-state index in [0.29, 0.717) is 18.3 Å². The average molecular weight is 429 g/mol. The van der Waals surface area contributed by atoms with Crippen molar-refractivity contribution in [3.05, 3.63) is 29.8 Å². The molecule has 2 atom stereocenters. The van der Waals surface area contributed by atoms with Gasteiger partial charge in [0.25, 0.3) is 0 Å². The summed E-state index contributed by atoms with van der Waals surface area (Å²) < 4.78 is 42.4. The quantitative estimate of drug-likeness (QED) is 0.270. The Morgan fingerprint density at radius 1 is 1.21 bits per heavy atom. The molecule has 4 saturated carbocycles. The van der Waals surface area contributed by atoms with Crippen LogP contribution in [0.2, 0.25) is 0 Å². The molecule has 0 amide bonds. The Balaban J connectivity index is 1.45. The van der Waals surface area contributed by atoms with Crippen LogP contribution >= 0.6 is 12.0 Å². The maximum atomic E-state index is 13.7. The standard InChI is InChI=1S/C20H24F2O6S/c1-13-2-4-16(5-3-13)26-19-9-14-6-15(10-19)8-18(7-14,11-19)12-25-17(23)20(21,22)29-28-27-24/h2-5,14-15,24H,6-12H2,1H3/p-1. The van der Waals surface area contributed by atoms with Crippen molar-refractivity contribution >= 4 is 18.0 Å². The number of rotatable bonds is 8. The molecule has 4 bridgehead atoms. The third-order valence-corrected chi connectivity index (χ3v) is 6.90. The lowest BCUT2D eigenvalue weighted by molar-refractivity contribution is -0.777. The number of hydrogen-bond donors (Lipinski definition) is 0. The Kier molecular flexibility index (Phi) is 5.52. The molecular formula is C20H23F2O6S-. The number of esters is 1. The minimum Gasteiger partial charge on any atom is -0.691 e. The largest absolute Gasteiger partial charge is 0.691 e. The van der Waals surface area contributed by atoms with Gasteiger partial charge in [-0.3, -0.25) is 5.04 Å². The number of aryl methyl sites for hydroxylation is 1. The molecule has 0 spiro atoms. The lowest BCUT2D eigenvalue weighted by Gasteiger charge is -2.61. The minimum atomic E-state index is -4.01. The molecule has 0 saturated heterocycles. The van der Waals surface area contributed by atoms with Gasteiger partial charge in [0.05, 0.1) is 6.61 Å². The predicted molar refractivity (Wildman–Crippen MR) is 97.3 cm³/mol. The highest BCUT2D eigenvalue weighted by Crippen LogP contribution is 2.62. The van der Waals surface area contributed by atoms with Crippen LogP contribution < -0.4 is 9.99 Å². The van der Waals surface area contributed by atoms with E-state index in [2.05, 4.69) is 9.37 Å². The maximum Gasteiger partial charge on any atom is 0.415 e. The van der Waals surface area contributed by atoms with Gasteiger partial charge in [0.15, 0.2) is 0 Å². The van der Waals surface area contributed by atoms with Crippen LogP contribution in [0.5, 0.6) is 5.75 Å². The molecule has 0 heterocycles. The van der Waals surface area contributed by atoms with E-state index in [1.165, 1.54) is 0 Å². The lowest BCUT2D eigenvalue weighted by Crippen LogP contribution is -2.59. The van der Waals surface area contributed by atoms with Crippen LogP contribution in [0.4, 0.5) is 8.78 Å². The van der Waals surface area contributed by atoms with Crippen LogP contribution in [0.25, 0.3) is 0 Å². The van der Waals surface area contributed by atoms with E-state index < -0.39 is 23.3 Å². The smallest absolute Gasteiger partial charge is 0.415 e. The lowest BCUT2D eigenvalue weighted by atomic mass is 9.48. The van der Waals surface area contributed by atoms with Crippen molar-refractivity contribution < 1.29 is 37.7 Å². The van der Waals surface area contributed by atoms with Crippen LogP contribution in [0.3, 0.4) is 0 Å². The van der Waals surface area contributed by atoms with E-state index in [1.54, 1.807) is 0 Å². The van der Waals surface area contributed by atoms with Crippen LogP contribution in [0.15, 0.2) is 24.3 Å². The maximum absolute atomic E-state index is 13.7. The Labute approximate surface area is 171 Å². The minimum absolute atomic E-state index is 0.0910. The number of carbonyl (C=O) groups excluding carboxylic acids is 1. The molecule has 2 unspecified atom stereocenters. The second-order valence-electron chi connectivity index (χ2n) is 8.87. The zero-order chi connectivity index (χ0) is 20.7. The Morgan fingerprint density at radius 2 is 1.86 bits per heavy atom. The van der Waals surface area contributed by atoms with E-state index in [9.17, 15) is 18.8 Å². The molecule has 1 aromatic carbocycles. The average Bonchev–Trinajstić information content (AvgIpc) is 2.65. The Morgan fingerprint density at radius 3 is 2.48 bits per heavy atom. The van der Waals surface area contributed by atoms with Crippen molar-refractivity contribution in [3.8, 4) is 5.75 Å². The summed E-state index contributed by atoms with van der Waals surface area (Å²) in [7, 11) is 0. The van der Waals surface area contributed by atoms with Gasteiger partial charge in [0, 0.05) is 5.41 Å². The topological polar surface area (TPSA) is 77.1 Å². The van der Waals surface area contributed by atoms with Gasteiger partial charge in [-0.05, 0) is 69.4 Å². The zero-order valence-corrected chi connectivity index (χ0v) is 16.8. The Hall–Kier alpha value is -1.42. The SMILES string of the molecule is Cc1ccc(OC23CC4CC(CC(COC(=O)C(F)(F)SOO[O-])(C4)C2)C3)cc1. The third-order valence-electron chi connectivity index (χ3n) is 6.40. The van der Waals surface area contributed by atoms with Crippen molar-refractivity contribution in [2.24, 2.45) is 17.3 Å². The van der Waals surface area contributed by atoms with Crippen molar-refractivity contribution in [2.75, 3.05) is 6.61 Å². The van der Waals surface area contributed by atoms with Crippen LogP contribution in [0.1, 0.15) is 44.1 Å². The van der Waals surface area contributed by atoms with Crippen LogP contribution in [0, 0.1) is 24.2 Å². The normalized spacial score (nSPS) is 33.0. The molecule has 6 nitrogen and oxygen atoms in total. The summed E-state index contributed by atoms with van der Waals surface area (Å²) in [6.45, 7) is 1.92. The summed E-state index contributed by atoms with van der Waals surface area (Å²) in [5.74, 6) is -0.0499. The molecule has 0 aromatic heterocycles. The van der Waals surface area contributed by atoms with Crippen molar-refractivity contribution in [1.29, 1.82) is 0 Å². The van der Waals surface area contributed by atoms with Crippen molar-refractivity contribution in [3.63, 3.8) is 0 Å². The highest BCUT2D eigenvalue weighted by molar-refractivity contribution is 7.96. The highest BCUT2D eigenvalue weighted by Gasteiger charge is 2.60. The van der Waals surface area contributed by atoms with E-state index in [0.717, 1.165) is 43.4 Å². The van der Waals surface area contributed by atoms with E-state index in [4.69, 9.17) is 9.47 Å². The number of carbonyl (C=O) groups is 1. The fraction of sp³-hybridized carbons (Fsp3) is 0.650. The number of halogens is 2. The first kappa shape index (κ1) is 20.8. The summed E-state index contributed by atoms with van der Waals surface area (Å²) >= 11 is -0.661. The zero-order valence-electron chi connectivity index (χ0n) is 16.0. The molecule has 4 aliphatic carbocycles. The van der Waals surface area contributed by atoms with Crippen LogP contribution in [-0.2, 0) is 18.9 Å². The molecule has 4 fully saturated rings. The number of alkyl halides is 2. The molecule has 0 aliphatic heterocycles. The molecule has 0 N–H and O–H groups in total. The van der Waals surface area contributed by atoms with Gasteiger partial charge in [0.1, 0.15) is 23.4 Å². The number of hydrogen-bond acceptors (Lipinski definition) is 7. The van der Waals surface area contributed by atoms with E-state index in [-0.39, 0.29) is 17.6 Å². The molecule has 160 valence electrons. The van der Waals surface area contributed by atoms with Gasteiger partial charge in [-0.15, -0.1) is 0 Å². The van der Waals surface area contributed by atoms with Crippen molar-refractivity contribution in [2.45, 2.75) is 56.3 Å². The molecular weight excluding hydrogens is 406 g/mol. The van der Waals surface area contributed by atoms with Gasteiger partial charge in [-0.25, -0.2) is 4.79 Å². The molecule has 1 aromatic rings. The number of ether oxygens (including phenoxy) is 2. The molecule has 0 radical (unpaired) electrons. The van der Waals surface area contributed by atoms with Gasteiger partial charge in [-0.1, -0.05) is 17.7 Å². The van der Waals surface area contributed by atoms with E-state index in [1.807, 2.05) is 31.2 Å². The first-order valence-electron chi connectivity index (χ1n) is 9.68. The molecule has 5 rings (SSSR count). The summed E-state index contributed by atoms with van der Waals surface area (Å²) in [5, 5.41) is 8.63.